The molecule has 128 valence electrons. The summed E-state index contributed by atoms with van der Waals surface area (Å²) in [5.41, 5.74) is 1.93. The third-order valence-corrected chi connectivity index (χ3v) is 3.64. The number of ether oxygens (including phenoxy) is 1. The first kappa shape index (κ1) is 17.8. The SMILES string of the molecule is COc1ccc(C)cc1/C=C/C(=O)NC(C)CC(O)c1ccco1. The highest BCUT2D eigenvalue weighted by Crippen LogP contribution is 2.21. The van der Waals surface area contributed by atoms with E-state index in [1.807, 2.05) is 32.0 Å². The Bertz CT molecular complexity index is 691. The van der Waals surface area contributed by atoms with Gasteiger partial charge >= 0.3 is 0 Å². The van der Waals surface area contributed by atoms with Gasteiger partial charge in [-0.1, -0.05) is 11.6 Å². The van der Waals surface area contributed by atoms with E-state index in [0.717, 1.165) is 11.1 Å². The molecule has 2 unspecified atom stereocenters. The second kappa shape index (κ2) is 8.36. The Hall–Kier alpha value is -2.53. The zero-order valence-corrected chi connectivity index (χ0v) is 14.2. The van der Waals surface area contributed by atoms with Gasteiger partial charge in [-0.25, -0.2) is 0 Å². The fraction of sp³-hybridized carbons (Fsp3) is 0.316. The van der Waals surface area contributed by atoms with Crippen LogP contribution in [0.5, 0.6) is 5.75 Å². The van der Waals surface area contributed by atoms with Gasteiger partial charge in [0.25, 0.3) is 0 Å². The van der Waals surface area contributed by atoms with Crippen molar-refractivity contribution in [1.29, 1.82) is 0 Å². The van der Waals surface area contributed by atoms with E-state index in [2.05, 4.69) is 5.32 Å². The van der Waals surface area contributed by atoms with E-state index in [9.17, 15) is 9.90 Å². The minimum atomic E-state index is -0.740. The molecule has 0 spiro atoms. The van der Waals surface area contributed by atoms with Crippen LogP contribution in [0.25, 0.3) is 6.08 Å². The monoisotopic (exact) mass is 329 g/mol. The number of carbonyl (C=O) groups is 1. The molecule has 0 aliphatic heterocycles. The smallest absolute Gasteiger partial charge is 0.244 e. The van der Waals surface area contributed by atoms with Gasteiger partial charge in [0.05, 0.1) is 13.4 Å². The lowest BCUT2D eigenvalue weighted by Crippen LogP contribution is -2.32. The van der Waals surface area contributed by atoms with Gasteiger partial charge < -0.3 is 19.6 Å². The zero-order chi connectivity index (χ0) is 17.5. The Morgan fingerprint density at radius 1 is 1.42 bits per heavy atom. The molecule has 2 aromatic rings. The molecule has 0 saturated carbocycles. The van der Waals surface area contributed by atoms with Gasteiger partial charge in [0.15, 0.2) is 0 Å². The number of hydrogen-bond donors (Lipinski definition) is 2. The summed E-state index contributed by atoms with van der Waals surface area (Å²) in [5.74, 6) is 0.986. The van der Waals surface area contributed by atoms with Crippen molar-refractivity contribution in [2.75, 3.05) is 7.11 Å². The van der Waals surface area contributed by atoms with E-state index in [4.69, 9.17) is 9.15 Å². The summed E-state index contributed by atoms with van der Waals surface area (Å²) in [4.78, 5) is 12.0. The highest BCUT2D eigenvalue weighted by molar-refractivity contribution is 5.92. The predicted octanol–water partition coefficient (Wildman–Crippen LogP) is 3.24. The third kappa shape index (κ3) is 4.99. The van der Waals surface area contributed by atoms with Crippen molar-refractivity contribution in [2.24, 2.45) is 0 Å². The van der Waals surface area contributed by atoms with Gasteiger partial charge in [0, 0.05) is 24.1 Å². The topological polar surface area (TPSA) is 71.7 Å². The molecule has 2 atom stereocenters. The molecule has 1 aromatic heterocycles. The lowest BCUT2D eigenvalue weighted by Gasteiger charge is -2.15. The number of amides is 1. The normalized spacial score (nSPS) is 13.7. The van der Waals surface area contributed by atoms with Gasteiger partial charge in [0.2, 0.25) is 5.91 Å². The first-order chi connectivity index (χ1) is 11.5. The van der Waals surface area contributed by atoms with E-state index in [0.29, 0.717) is 17.9 Å². The molecule has 2 rings (SSSR count). The van der Waals surface area contributed by atoms with Gasteiger partial charge in [-0.15, -0.1) is 0 Å². The molecule has 1 heterocycles. The summed E-state index contributed by atoms with van der Waals surface area (Å²) in [6.45, 7) is 3.82. The summed E-state index contributed by atoms with van der Waals surface area (Å²) in [7, 11) is 1.60. The van der Waals surface area contributed by atoms with Crippen LogP contribution in [0.4, 0.5) is 0 Å². The van der Waals surface area contributed by atoms with Crippen molar-refractivity contribution >= 4 is 12.0 Å². The Labute approximate surface area is 141 Å². The van der Waals surface area contributed by atoms with Gasteiger partial charge in [-0.2, -0.15) is 0 Å². The van der Waals surface area contributed by atoms with E-state index in [-0.39, 0.29) is 11.9 Å². The van der Waals surface area contributed by atoms with Crippen molar-refractivity contribution in [1.82, 2.24) is 5.32 Å². The molecule has 0 aliphatic rings. The predicted molar refractivity (Wildman–Crippen MR) is 92.7 cm³/mol. The molecular formula is C19H23NO4. The van der Waals surface area contributed by atoms with Crippen molar-refractivity contribution in [3.8, 4) is 5.75 Å². The maximum Gasteiger partial charge on any atom is 0.244 e. The van der Waals surface area contributed by atoms with Crippen LogP contribution in [0.15, 0.2) is 47.1 Å². The van der Waals surface area contributed by atoms with Gasteiger partial charge in [-0.3, -0.25) is 4.79 Å². The van der Waals surface area contributed by atoms with Crippen LogP contribution < -0.4 is 10.1 Å². The Kier molecular flexibility index (Phi) is 6.21. The van der Waals surface area contributed by atoms with Crippen LogP contribution in [0.1, 0.15) is 36.3 Å². The van der Waals surface area contributed by atoms with Crippen LogP contribution >= 0.6 is 0 Å². The molecule has 0 radical (unpaired) electrons. The molecule has 2 N–H and O–H groups in total. The highest BCUT2D eigenvalue weighted by Gasteiger charge is 2.15. The van der Waals surface area contributed by atoms with Crippen LogP contribution in [-0.4, -0.2) is 24.2 Å². The molecule has 0 bridgehead atoms. The van der Waals surface area contributed by atoms with E-state index in [1.54, 1.807) is 25.3 Å². The van der Waals surface area contributed by atoms with Crippen molar-refractivity contribution in [2.45, 2.75) is 32.4 Å². The van der Waals surface area contributed by atoms with E-state index < -0.39 is 6.10 Å². The number of aliphatic hydroxyl groups is 1. The molecule has 1 aromatic carbocycles. The number of benzene rings is 1. The Morgan fingerprint density at radius 2 is 2.21 bits per heavy atom. The molecule has 1 amide bonds. The number of hydrogen-bond acceptors (Lipinski definition) is 4. The average Bonchev–Trinajstić information content (AvgIpc) is 3.07. The number of aliphatic hydroxyl groups excluding tert-OH is 1. The molecule has 0 aliphatic carbocycles. The summed E-state index contributed by atoms with van der Waals surface area (Å²) in [5, 5.41) is 12.8. The lowest BCUT2D eigenvalue weighted by molar-refractivity contribution is -0.117. The molecule has 24 heavy (non-hydrogen) atoms. The fourth-order valence-electron chi connectivity index (χ4n) is 2.43. The highest BCUT2D eigenvalue weighted by atomic mass is 16.5. The van der Waals surface area contributed by atoms with Crippen molar-refractivity contribution in [3.05, 3.63) is 59.6 Å². The molecular weight excluding hydrogens is 306 g/mol. The Morgan fingerprint density at radius 3 is 2.88 bits per heavy atom. The summed E-state index contributed by atoms with van der Waals surface area (Å²) in [6, 6.07) is 9.01. The second-order valence-electron chi connectivity index (χ2n) is 5.76. The van der Waals surface area contributed by atoms with Crippen molar-refractivity contribution < 1.29 is 19.1 Å². The number of furan rings is 1. The molecule has 0 saturated heterocycles. The van der Waals surface area contributed by atoms with Crippen LogP contribution in [0.3, 0.4) is 0 Å². The minimum absolute atomic E-state index is 0.193. The fourth-order valence-corrected chi connectivity index (χ4v) is 2.43. The number of rotatable bonds is 7. The molecule has 5 nitrogen and oxygen atoms in total. The van der Waals surface area contributed by atoms with E-state index in [1.165, 1.54) is 12.3 Å². The zero-order valence-electron chi connectivity index (χ0n) is 14.2. The van der Waals surface area contributed by atoms with Gasteiger partial charge in [0.1, 0.15) is 17.6 Å². The van der Waals surface area contributed by atoms with Crippen molar-refractivity contribution in [3.63, 3.8) is 0 Å². The number of aryl methyl sites for hydroxylation is 1. The summed E-state index contributed by atoms with van der Waals surface area (Å²) >= 11 is 0. The summed E-state index contributed by atoms with van der Waals surface area (Å²) in [6.07, 6.45) is 4.33. The standard InChI is InChI=1S/C19H23NO4/c1-13-6-8-17(23-3)15(11-13)7-9-19(22)20-14(2)12-16(21)18-5-4-10-24-18/h4-11,14,16,21H,12H2,1-3H3,(H,20,22)/b9-7+. The lowest BCUT2D eigenvalue weighted by atomic mass is 10.1. The van der Waals surface area contributed by atoms with E-state index >= 15 is 0 Å². The third-order valence-electron chi connectivity index (χ3n) is 3.64. The van der Waals surface area contributed by atoms with Crippen LogP contribution in [-0.2, 0) is 4.79 Å². The average molecular weight is 329 g/mol. The van der Waals surface area contributed by atoms with Gasteiger partial charge in [-0.05, 0) is 44.2 Å². The quantitative estimate of drug-likeness (QED) is 0.765. The molecule has 0 fully saturated rings. The molecule has 5 heteroatoms. The minimum Gasteiger partial charge on any atom is -0.496 e. The first-order valence-electron chi connectivity index (χ1n) is 7.84. The number of carbonyl (C=O) groups excluding carboxylic acids is 1. The second-order valence-corrected chi connectivity index (χ2v) is 5.76. The van der Waals surface area contributed by atoms with Crippen LogP contribution in [0, 0.1) is 6.92 Å². The summed E-state index contributed by atoms with van der Waals surface area (Å²) < 4.78 is 10.4. The first-order valence-corrected chi connectivity index (χ1v) is 7.84. The maximum atomic E-state index is 12.0. The number of methoxy groups -OCH3 is 1. The largest absolute Gasteiger partial charge is 0.496 e. The van der Waals surface area contributed by atoms with Crippen LogP contribution in [0.2, 0.25) is 0 Å². The Balaban J connectivity index is 1.91. The maximum absolute atomic E-state index is 12.0. The number of nitrogens with one attached hydrogen (secondary N) is 1.